The van der Waals surface area contributed by atoms with Crippen LogP contribution in [0, 0.1) is 20.8 Å². The van der Waals surface area contributed by atoms with Gasteiger partial charge in [-0.05, 0) is 0 Å². The maximum atomic E-state index is 12.9. The Morgan fingerprint density at radius 3 is 1.69 bits per heavy atom. The Morgan fingerprint density at radius 2 is 1.16 bits per heavy atom. The Kier molecular flexibility index (Phi) is 8.11. The summed E-state index contributed by atoms with van der Waals surface area (Å²) in [6, 6.07) is 23.6. The Morgan fingerprint density at radius 1 is 0.656 bits per heavy atom. The Balaban J connectivity index is 2.17. The van der Waals surface area contributed by atoms with Gasteiger partial charge in [-0.15, -0.1) is 0 Å². The third-order valence-corrected chi connectivity index (χ3v) is 9.92. The molecule has 3 rings (SSSR count). The maximum absolute atomic E-state index is 12.9. The van der Waals surface area contributed by atoms with E-state index in [2.05, 4.69) is 6.92 Å². The van der Waals surface area contributed by atoms with Gasteiger partial charge in [0.2, 0.25) is 0 Å². The van der Waals surface area contributed by atoms with Gasteiger partial charge in [-0.2, -0.15) is 0 Å². The molecule has 0 saturated carbocycles. The second-order valence-corrected chi connectivity index (χ2v) is 11.8. The molecule has 32 heavy (non-hydrogen) atoms. The molecule has 0 fully saturated rings. The number of hydrogen-bond acceptors (Lipinski definition) is 3. The van der Waals surface area contributed by atoms with E-state index >= 15 is 0 Å². The van der Waals surface area contributed by atoms with Crippen LogP contribution in [-0.4, -0.2) is 11.5 Å². The van der Waals surface area contributed by atoms with Crippen molar-refractivity contribution in [2.45, 2.75) is 59.8 Å². The van der Waals surface area contributed by atoms with Crippen molar-refractivity contribution in [1.82, 2.24) is 0 Å². The fraction of sp³-hybridized carbons (Fsp3) is 0.357. The molecule has 0 aliphatic heterocycles. The fourth-order valence-corrected chi connectivity index (χ4v) is 8.10. The van der Waals surface area contributed by atoms with Crippen molar-refractivity contribution in [1.29, 1.82) is 0 Å². The molecular formula is C28H37O3P. The minimum absolute atomic E-state index is 0.437. The summed E-state index contributed by atoms with van der Waals surface area (Å²) in [5.74, 6) is 0.644. The van der Waals surface area contributed by atoms with Crippen LogP contribution in [0.4, 0.5) is 0 Å². The van der Waals surface area contributed by atoms with Gasteiger partial charge in [0.1, 0.15) is 0 Å². The summed E-state index contributed by atoms with van der Waals surface area (Å²) in [7, 11) is -4.50. The van der Waals surface area contributed by atoms with Crippen molar-refractivity contribution in [3.8, 4) is 5.75 Å². The number of benzene rings is 3. The Bertz CT molecular complexity index is 985. The van der Waals surface area contributed by atoms with E-state index < -0.39 is 7.28 Å². The summed E-state index contributed by atoms with van der Waals surface area (Å²) in [6.45, 7) is 8.67. The van der Waals surface area contributed by atoms with Crippen LogP contribution in [0.2, 0.25) is 0 Å². The van der Waals surface area contributed by atoms with Crippen LogP contribution >= 0.6 is 7.28 Å². The minimum atomic E-state index is -4.50. The van der Waals surface area contributed by atoms with Crippen LogP contribution < -0.4 is 15.1 Å². The first-order valence-corrected chi connectivity index (χ1v) is 13.7. The Hall–Kier alpha value is -2.19. The number of para-hydroxylation sites is 1. The van der Waals surface area contributed by atoms with E-state index in [-0.39, 0.29) is 0 Å². The zero-order chi connectivity index (χ0) is 23.1. The van der Waals surface area contributed by atoms with Gasteiger partial charge in [-0.3, -0.25) is 0 Å². The first-order chi connectivity index (χ1) is 15.4. The van der Waals surface area contributed by atoms with E-state index in [0.717, 1.165) is 40.1 Å². The standard InChI is InChI=1S/C28H37O3P/c1-5-6-7-8-15-22-30-32(29,27-20-13-10-17-24(27)3,28-21-14-11-18-25(28)4)31-26-19-12-9-16-23(26)2/h9-14,16-21,29H,5-8,15,22H2,1-4H3. The number of rotatable bonds is 11. The van der Waals surface area contributed by atoms with Crippen molar-refractivity contribution in [2.75, 3.05) is 6.61 Å². The van der Waals surface area contributed by atoms with Crippen molar-refractivity contribution in [3.05, 3.63) is 89.5 Å². The molecule has 0 heterocycles. The topological polar surface area (TPSA) is 38.7 Å². The molecule has 3 nitrogen and oxygen atoms in total. The van der Waals surface area contributed by atoms with Gasteiger partial charge in [-0.1, -0.05) is 0 Å². The fourth-order valence-electron chi connectivity index (χ4n) is 4.19. The monoisotopic (exact) mass is 452 g/mol. The van der Waals surface area contributed by atoms with Crippen molar-refractivity contribution in [2.24, 2.45) is 0 Å². The van der Waals surface area contributed by atoms with Crippen LogP contribution in [0.15, 0.2) is 72.8 Å². The molecule has 0 aliphatic rings. The van der Waals surface area contributed by atoms with Gasteiger partial charge < -0.3 is 0 Å². The predicted molar refractivity (Wildman–Crippen MR) is 137 cm³/mol. The molecule has 4 heteroatoms. The summed E-state index contributed by atoms with van der Waals surface area (Å²) >= 11 is 0. The molecule has 0 aliphatic carbocycles. The molecule has 0 aromatic heterocycles. The van der Waals surface area contributed by atoms with Crippen LogP contribution in [0.25, 0.3) is 0 Å². The zero-order valence-electron chi connectivity index (χ0n) is 19.9. The van der Waals surface area contributed by atoms with E-state index in [1.165, 1.54) is 19.3 Å². The van der Waals surface area contributed by atoms with Gasteiger partial charge >= 0.3 is 193 Å². The molecule has 0 radical (unpaired) electrons. The van der Waals surface area contributed by atoms with Crippen LogP contribution in [-0.2, 0) is 4.52 Å². The zero-order valence-corrected chi connectivity index (χ0v) is 20.8. The molecule has 0 bridgehead atoms. The second-order valence-electron chi connectivity index (χ2n) is 8.59. The normalized spacial score (nSPS) is 12.8. The van der Waals surface area contributed by atoms with Crippen LogP contribution in [0.5, 0.6) is 5.75 Å². The van der Waals surface area contributed by atoms with Gasteiger partial charge in [0.05, 0.1) is 0 Å². The van der Waals surface area contributed by atoms with Crippen molar-refractivity contribution >= 4 is 17.9 Å². The average molecular weight is 453 g/mol. The molecule has 0 amide bonds. The van der Waals surface area contributed by atoms with Gasteiger partial charge in [-0.25, -0.2) is 0 Å². The molecule has 0 unspecified atom stereocenters. The molecule has 3 aromatic rings. The van der Waals surface area contributed by atoms with Gasteiger partial charge in [0, 0.05) is 0 Å². The summed E-state index contributed by atoms with van der Waals surface area (Å²) in [5, 5.41) is 1.45. The molecule has 1 N–H and O–H groups in total. The first-order valence-electron chi connectivity index (χ1n) is 11.7. The molecule has 172 valence electrons. The van der Waals surface area contributed by atoms with Crippen LogP contribution in [0.3, 0.4) is 0 Å². The predicted octanol–water partition coefficient (Wildman–Crippen LogP) is 6.92. The van der Waals surface area contributed by atoms with E-state index in [1.807, 2.05) is 93.6 Å². The molecule has 0 atom stereocenters. The quantitative estimate of drug-likeness (QED) is 0.253. The average Bonchev–Trinajstić information content (AvgIpc) is 2.78. The van der Waals surface area contributed by atoms with Crippen molar-refractivity contribution in [3.63, 3.8) is 0 Å². The van der Waals surface area contributed by atoms with E-state index in [4.69, 9.17) is 9.05 Å². The van der Waals surface area contributed by atoms with E-state index in [1.54, 1.807) is 0 Å². The number of hydrogen-bond donors (Lipinski definition) is 1. The summed E-state index contributed by atoms with van der Waals surface area (Å²) in [6.07, 6.45) is 5.55. The summed E-state index contributed by atoms with van der Waals surface area (Å²) in [4.78, 5) is 12.9. The van der Waals surface area contributed by atoms with E-state index in [9.17, 15) is 4.89 Å². The molecule has 0 saturated heterocycles. The number of unbranched alkanes of at least 4 members (excludes halogenated alkanes) is 4. The molecule has 0 spiro atoms. The first kappa shape index (κ1) is 24.5. The second kappa shape index (κ2) is 10.6. The van der Waals surface area contributed by atoms with Gasteiger partial charge in [0.15, 0.2) is 0 Å². The third kappa shape index (κ3) is 5.07. The molecule has 3 aromatic carbocycles. The van der Waals surface area contributed by atoms with Gasteiger partial charge in [0.25, 0.3) is 0 Å². The van der Waals surface area contributed by atoms with Crippen molar-refractivity contribution < 1.29 is 13.9 Å². The number of aryl methyl sites for hydroxylation is 3. The third-order valence-electron chi connectivity index (χ3n) is 6.02. The summed E-state index contributed by atoms with van der Waals surface area (Å²) < 4.78 is 13.4. The molecular weight excluding hydrogens is 415 g/mol. The summed E-state index contributed by atoms with van der Waals surface area (Å²) in [5.41, 5.74) is 2.87. The SMILES string of the molecule is CCCCCCCOP(O)(Oc1ccccc1C)(c1ccccc1C)c1ccccc1C. The van der Waals surface area contributed by atoms with Crippen LogP contribution in [0.1, 0.15) is 55.7 Å². The Labute approximate surface area is 193 Å². The van der Waals surface area contributed by atoms with E-state index in [0.29, 0.717) is 12.4 Å².